The number of aliphatic hydroxyl groups is 3. The Morgan fingerprint density at radius 1 is 1.26 bits per heavy atom. The highest BCUT2D eigenvalue weighted by Crippen LogP contribution is 2.10. The van der Waals surface area contributed by atoms with Gasteiger partial charge in [0, 0.05) is 13.1 Å². The van der Waals surface area contributed by atoms with Crippen LogP contribution in [0, 0.1) is 6.92 Å². The molecule has 5 N–H and O–H groups in total. The molecule has 0 aromatic rings. The summed E-state index contributed by atoms with van der Waals surface area (Å²) >= 11 is 0. The number of carbonyl (C=O) groups excluding carboxylic acids is 1. The number of unbranched alkanes of at least 4 members (excludes halogenated alkanes) is 1. The van der Waals surface area contributed by atoms with E-state index in [2.05, 4.69) is 6.92 Å². The van der Waals surface area contributed by atoms with E-state index in [1.54, 1.807) is 20.8 Å². The van der Waals surface area contributed by atoms with Gasteiger partial charge in [0.25, 0.3) is 0 Å². The molecule has 0 saturated heterocycles. The minimum absolute atomic E-state index is 0.265. The molecule has 3 atom stereocenters. The molecule has 0 amide bonds. The van der Waals surface area contributed by atoms with Crippen molar-refractivity contribution in [1.29, 1.82) is 0 Å². The first-order chi connectivity index (χ1) is 10.5. The van der Waals surface area contributed by atoms with E-state index in [9.17, 15) is 15.0 Å². The lowest BCUT2D eigenvalue weighted by molar-refractivity contribution is -0.156. The van der Waals surface area contributed by atoms with E-state index in [0.29, 0.717) is 19.5 Å². The largest absolute Gasteiger partial charge is 0.459 e. The van der Waals surface area contributed by atoms with Crippen molar-refractivity contribution in [1.82, 2.24) is 4.90 Å². The van der Waals surface area contributed by atoms with Crippen LogP contribution in [0.25, 0.3) is 0 Å². The lowest BCUT2D eigenvalue weighted by Crippen LogP contribution is -2.39. The zero-order valence-electron chi connectivity index (χ0n) is 14.6. The van der Waals surface area contributed by atoms with Gasteiger partial charge in [-0.2, -0.15) is 0 Å². The number of hydrogen-bond donors (Lipinski definition) is 4. The standard InChI is InChI=1S/C16H33N2O5/c1-12(20)9-18(10-13(21)11-19)8-6-5-7-14(17)15(22)23-16(2,3)4/h12-14,19-21H,1,5-11,17H2,2-4H3. The van der Waals surface area contributed by atoms with Gasteiger partial charge in [-0.25, -0.2) is 0 Å². The third-order valence-electron chi connectivity index (χ3n) is 3.10. The monoisotopic (exact) mass is 333 g/mol. The normalized spacial score (nSPS) is 16.2. The SMILES string of the molecule is [CH2]C(O)CN(CCCCC(N)C(=O)OC(C)(C)C)CC(O)CO. The summed E-state index contributed by atoms with van der Waals surface area (Å²) in [7, 11) is 0. The minimum Gasteiger partial charge on any atom is -0.459 e. The van der Waals surface area contributed by atoms with E-state index < -0.39 is 29.8 Å². The number of ether oxygens (including phenoxy) is 1. The lowest BCUT2D eigenvalue weighted by Gasteiger charge is -2.26. The van der Waals surface area contributed by atoms with E-state index in [0.717, 1.165) is 12.8 Å². The number of esters is 1. The van der Waals surface area contributed by atoms with Crippen molar-refractivity contribution in [3.63, 3.8) is 0 Å². The Morgan fingerprint density at radius 2 is 1.87 bits per heavy atom. The number of carbonyl (C=O) groups is 1. The van der Waals surface area contributed by atoms with Crippen molar-refractivity contribution >= 4 is 5.97 Å². The Labute approximate surface area is 139 Å². The van der Waals surface area contributed by atoms with Gasteiger partial charge in [0.05, 0.1) is 18.8 Å². The number of nitrogens with zero attached hydrogens (tertiary/aromatic N) is 1. The molecule has 0 spiro atoms. The molecule has 0 aromatic heterocycles. The van der Waals surface area contributed by atoms with Crippen LogP contribution in [0.15, 0.2) is 0 Å². The van der Waals surface area contributed by atoms with Crippen LogP contribution >= 0.6 is 0 Å². The fourth-order valence-corrected chi connectivity index (χ4v) is 2.11. The number of hydrogen-bond acceptors (Lipinski definition) is 7. The van der Waals surface area contributed by atoms with Crippen molar-refractivity contribution in [2.24, 2.45) is 5.73 Å². The van der Waals surface area contributed by atoms with Gasteiger partial charge in [0.1, 0.15) is 11.6 Å². The minimum atomic E-state index is -0.849. The van der Waals surface area contributed by atoms with Crippen molar-refractivity contribution in [2.45, 2.75) is 63.9 Å². The maximum Gasteiger partial charge on any atom is 0.323 e. The molecule has 7 heteroatoms. The zero-order chi connectivity index (χ0) is 18.0. The molecule has 0 saturated carbocycles. The molecule has 137 valence electrons. The Kier molecular flexibility index (Phi) is 10.6. The molecule has 7 nitrogen and oxygen atoms in total. The Bertz CT molecular complexity index is 331. The number of aliphatic hydroxyl groups excluding tert-OH is 3. The summed E-state index contributed by atoms with van der Waals surface area (Å²) in [5.74, 6) is -0.404. The van der Waals surface area contributed by atoms with Crippen molar-refractivity contribution < 1.29 is 24.9 Å². The van der Waals surface area contributed by atoms with E-state index in [-0.39, 0.29) is 13.2 Å². The Hall–Kier alpha value is -0.730. The topological polar surface area (TPSA) is 116 Å². The van der Waals surface area contributed by atoms with Gasteiger partial charge in [-0.15, -0.1) is 0 Å². The molecule has 23 heavy (non-hydrogen) atoms. The van der Waals surface area contributed by atoms with E-state index in [4.69, 9.17) is 15.6 Å². The summed E-state index contributed by atoms with van der Waals surface area (Å²) in [6.45, 7) is 9.78. The highest BCUT2D eigenvalue weighted by Gasteiger charge is 2.21. The van der Waals surface area contributed by atoms with Gasteiger partial charge < -0.3 is 25.8 Å². The summed E-state index contributed by atoms with van der Waals surface area (Å²) in [6.07, 6.45) is 0.376. The first-order valence-corrected chi connectivity index (χ1v) is 8.06. The Morgan fingerprint density at radius 3 is 2.35 bits per heavy atom. The van der Waals surface area contributed by atoms with Crippen LogP contribution in [0.3, 0.4) is 0 Å². The molecule has 0 bridgehead atoms. The Balaban J connectivity index is 4.11. The molecule has 0 fully saturated rings. The molecular weight excluding hydrogens is 300 g/mol. The van der Waals surface area contributed by atoms with Crippen LogP contribution in [0.1, 0.15) is 40.0 Å². The zero-order valence-corrected chi connectivity index (χ0v) is 14.6. The van der Waals surface area contributed by atoms with Gasteiger partial charge in [-0.3, -0.25) is 9.69 Å². The van der Waals surface area contributed by atoms with Crippen molar-refractivity contribution in [3.05, 3.63) is 6.92 Å². The van der Waals surface area contributed by atoms with Gasteiger partial charge in [0.2, 0.25) is 0 Å². The van der Waals surface area contributed by atoms with Crippen LogP contribution < -0.4 is 5.73 Å². The summed E-state index contributed by atoms with van der Waals surface area (Å²) in [5, 5.41) is 27.7. The second kappa shape index (κ2) is 10.9. The molecule has 0 aliphatic rings. The molecule has 0 heterocycles. The fourth-order valence-electron chi connectivity index (χ4n) is 2.11. The highest BCUT2D eigenvalue weighted by molar-refractivity contribution is 5.75. The predicted molar refractivity (Wildman–Crippen MR) is 88.6 cm³/mol. The van der Waals surface area contributed by atoms with Crippen LogP contribution in [-0.4, -0.2) is 76.3 Å². The first kappa shape index (κ1) is 22.3. The van der Waals surface area contributed by atoms with Gasteiger partial charge in [0.15, 0.2) is 0 Å². The van der Waals surface area contributed by atoms with E-state index in [1.165, 1.54) is 0 Å². The smallest absolute Gasteiger partial charge is 0.323 e. The molecule has 0 aliphatic heterocycles. The molecule has 0 aromatic carbocycles. The molecule has 1 radical (unpaired) electrons. The average molecular weight is 333 g/mol. The molecular formula is C16H33N2O5. The molecule has 0 rings (SSSR count). The van der Waals surface area contributed by atoms with Gasteiger partial charge >= 0.3 is 5.97 Å². The number of rotatable bonds is 11. The number of nitrogens with two attached hydrogens (primary N) is 1. The summed E-state index contributed by atoms with van der Waals surface area (Å²) in [6, 6.07) is -0.649. The second-order valence-corrected chi connectivity index (χ2v) is 6.89. The lowest BCUT2D eigenvalue weighted by atomic mass is 10.1. The maximum absolute atomic E-state index is 11.8. The fraction of sp³-hybridized carbons (Fsp3) is 0.875. The highest BCUT2D eigenvalue weighted by atomic mass is 16.6. The summed E-state index contributed by atoms with van der Waals surface area (Å²) < 4.78 is 5.22. The van der Waals surface area contributed by atoms with Crippen molar-refractivity contribution in [2.75, 3.05) is 26.2 Å². The van der Waals surface area contributed by atoms with Crippen LogP contribution in [0.2, 0.25) is 0 Å². The molecule has 0 aliphatic carbocycles. The van der Waals surface area contributed by atoms with Crippen LogP contribution in [0.5, 0.6) is 0 Å². The van der Waals surface area contributed by atoms with Gasteiger partial charge in [-0.1, -0.05) is 6.42 Å². The van der Waals surface area contributed by atoms with E-state index in [1.807, 2.05) is 4.90 Å². The quantitative estimate of drug-likeness (QED) is 0.302. The predicted octanol–water partition coefficient (Wildman–Crippen LogP) is -0.324. The summed E-state index contributed by atoms with van der Waals surface area (Å²) in [4.78, 5) is 13.6. The van der Waals surface area contributed by atoms with Crippen molar-refractivity contribution in [3.8, 4) is 0 Å². The first-order valence-electron chi connectivity index (χ1n) is 8.06. The van der Waals surface area contributed by atoms with Crippen LogP contribution in [0.4, 0.5) is 0 Å². The summed E-state index contributed by atoms with van der Waals surface area (Å²) in [5.41, 5.74) is 5.27. The van der Waals surface area contributed by atoms with E-state index >= 15 is 0 Å². The second-order valence-electron chi connectivity index (χ2n) is 6.89. The third kappa shape index (κ3) is 12.4. The van der Waals surface area contributed by atoms with Gasteiger partial charge in [-0.05, 0) is 47.1 Å². The maximum atomic E-state index is 11.8. The average Bonchev–Trinajstić information content (AvgIpc) is 2.40. The third-order valence-corrected chi connectivity index (χ3v) is 3.10. The molecule has 3 unspecified atom stereocenters. The van der Waals surface area contributed by atoms with Crippen LogP contribution in [-0.2, 0) is 9.53 Å².